The van der Waals surface area contributed by atoms with E-state index in [1.807, 2.05) is 13.0 Å². The van der Waals surface area contributed by atoms with Crippen molar-refractivity contribution in [1.29, 1.82) is 0 Å². The Balaban J connectivity index is 1.42. The molecule has 0 radical (unpaired) electrons. The van der Waals surface area contributed by atoms with Gasteiger partial charge < -0.3 is 24.3 Å². The van der Waals surface area contributed by atoms with Crippen molar-refractivity contribution in [3.63, 3.8) is 0 Å². The molecule has 31 heavy (non-hydrogen) atoms. The molecule has 8 nitrogen and oxygen atoms in total. The van der Waals surface area contributed by atoms with Crippen LogP contribution in [0.5, 0.6) is 17.2 Å². The fourth-order valence-corrected chi connectivity index (χ4v) is 2.97. The van der Waals surface area contributed by atoms with Crippen LogP contribution in [0.25, 0.3) is 0 Å². The standard InChI is InChI=1S/C22H22ClNO7/c1-13-8-15(5-6-17(13)23)28-7-3-4-22(27)29-11-21(26)24-18-10-20-19(30-12-31-20)9-16(18)14(2)25/h5-6,8-10H,3-4,7,11-12H2,1-2H3,(H,24,26). The minimum absolute atomic E-state index is 0.0447. The smallest absolute Gasteiger partial charge is 0.306 e. The first kappa shape index (κ1) is 22.4. The van der Waals surface area contributed by atoms with Gasteiger partial charge in [-0.05, 0) is 50.1 Å². The summed E-state index contributed by atoms with van der Waals surface area (Å²) in [5.41, 5.74) is 1.45. The summed E-state index contributed by atoms with van der Waals surface area (Å²) >= 11 is 5.97. The highest BCUT2D eigenvalue weighted by Gasteiger charge is 2.20. The third kappa shape index (κ3) is 6.11. The molecule has 2 aromatic rings. The summed E-state index contributed by atoms with van der Waals surface area (Å²) in [6.45, 7) is 3.15. The van der Waals surface area contributed by atoms with E-state index in [1.165, 1.54) is 19.1 Å². The number of esters is 1. The molecule has 1 N–H and O–H groups in total. The molecule has 1 heterocycles. The molecule has 164 valence electrons. The minimum atomic E-state index is -0.567. The van der Waals surface area contributed by atoms with Gasteiger partial charge in [-0.2, -0.15) is 0 Å². The first-order valence-electron chi connectivity index (χ1n) is 9.62. The van der Waals surface area contributed by atoms with E-state index in [4.69, 9.17) is 30.5 Å². The first-order valence-corrected chi connectivity index (χ1v) is 10.0. The van der Waals surface area contributed by atoms with Crippen molar-refractivity contribution in [3.8, 4) is 17.2 Å². The fraction of sp³-hybridized carbons (Fsp3) is 0.318. The Hall–Kier alpha value is -3.26. The first-order chi connectivity index (χ1) is 14.8. The molecule has 9 heteroatoms. The van der Waals surface area contributed by atoms with Crippen molar-refractivity contribution in [2.75, 3.05) is 25.3 Å². The van der Waals surface area contributed by atoms with Crippen molar-refractivity contribution in [1.82, 2.24) is 0 Å². The maximum absolute atomic E-state index is 12.2. The van der Waals surface area contributed by atoms with E-state index in [0.717, 1.165) is 5.56 Å². The third-order valence-corrected chi connectivity index (χ3v) is 4.88. The van der Waals surface area contributed by atoms with Crippen molar-refractivity contribution in [2.45, 2.75) is 26.7 Å². The summed E-state index contributed by atoms with van der Waals surface area (Å²) in [7, 11) is 0. The lowest BCUT2D eigenvalue weighted by Crippen LogP contribution is -2.22. The molecule has 0 saturated heterocycles. The zero-order chi connectivity index (χ0) is 22.4. The number of anilines is 1. The van der Waals surface area contributed by atoms with E-state index in [0.29, 0.717) is 35.3 Å². The molecule has 0 aliphatic carbocycles. The highest BCUT2D eigenvalue weighted by atomic mass is 35.5. The Morgan fingerprint density at radius 3 is 2.58 bits per heavy atom. The summed E-state index contributed by atoms with van der Waals surface area (Å²) in [4.78, 5) is 35.9. The lowest BCUT2D eigenvalue weighted by atomic mass is 10.1. The summed E-state index contributed by atoms with van der Waals surface area (Å²) in [5, 5.41) is 3.23. The number of amides is 1. The van der Waals surface area contributed by atoms with Gasteiger partial charge in [0.25, 0.3) is 5.91 Å². The molecule has 0 fully saturated rings. The molecule has 0 atom stereocenters. The zero-order valence-electron chi connectivity index (χ0n) is 17.2. The SMILES string of the molecule is CC(=O)c1cc2c(cc1NC(=O)COC(=O)CCCOc1ccc(Cl)c(C)c1)OCO2. The molecule has 0 aromatic heterocycles. The zero-order valence-corrected chi connectivity index (χ0v) is 17.9. The van der Waals surface area contributed by atoms with Gasteiger partial charge >= 0.3 is 5.97 Å². The second-order valence-corrected chi connectivity index (χ2v) is 7.29. The van der Waals surface area contributed by atoms with E-state index in [9.17, 15) is 14.4 Å². The van der Waals surface area contributed by atoms with Crippen molar-refractivity contribution in [3.05, 3.63) is 46.5 Å². The molecule has 0 saturated carbocycles. The van der Waals surface area contributed by atoms with Gasteiger partial charge in [0, 0.05) is 23.1 Å². The third-order valence-electron chi connectivity index (χ3n) is 4.45. The second-order valence-electron chi connectivity index (χ2n) is 6.88. The topological polar surface area (TPSA) is 100 Å². The quantitative estimate of drug-likeness (QED) is 0.353. The van der Waals surface area contributed by atoms with Gasteiger partial charge in [-0.1, -0.05) is 11.6 Å². The molecule has 2 aromatic carbocycles. The number of benzene rings is 2. The second kappa shape index (κ2) is 10.2. The van der Waals surface area contributed by atoms with Crippen molar-refractivity contribution < 1.29 is 33.3 Å². The minimum Gasteiger partial charge on any atom is -0.494 e. The number of ether oxygens (including phenoxy) is 4. The van der Waals surface area contributed by atoms with Crippen molar-refractivity contribution >= 4 is 34.9 Å². The number of Topliss-reactive ketones (excluding diaryl/α,β-unsaturated/α-hetero) is 1. The van der Waals surface area contributed by atoms with E-state index < -0.39 is 18.5 Å². The van der Waals surface area contributed by atoms with Crippen molar-refractivity contribution in [2.24, 2.45) is 0 Å². The number of carbonyl (C=O) groups is 3. The number of rotatable bonds is 9. The van der Waals surface area contributed by atoms with E-state index >= 15 is 0 Å². The van der Waals surface area contributed by atoms with Gasteiger partial charge in [0.05, 0.1) is 12.3 Å². The Bertz CT molecular complexity index is 1010. The van der Waals surface area contributed by atoms with Crippen LogP contribution in [-0.2, 0) is 14.3 Å². The monoisotopic (exact) mass is 447 g/mol. The molecular weight excluding hydrogens is 426 g/mol. The van der Waals surface area contributed by atoms with Crippen LogP contribution in [0.3, 0.4) is 0 Å². The number of carbonyl (C=O) groups excluding carboxylic acids is 3. The summed E-state index contributed by atoms with van der Waals surface area (Å²) in [6, 6.07) is 8.33. The van der Waals surface area contributed by atoms with Gasteiger partial charge in [-0.3, -0.25) is 14.4 Å². The largest absolute Gasteiger partial charge is 0.494 e. The normalized spacial score (nSPS) is 11.7. The van der Waals surface area contributed by atoms with Gasteiger partial charge in [-0.25, -0.2) is 0 Å². The van der Waals surface area contributed by atoms with E-state index in [1.54, 1.807) is 12.1 Å². The molecule has 1 amide bonds. The van der Waals surface area contributed by atoms with Crippen LogP contribution in [0.15, 0.2) is 30.3 Å². The highest BCUT2D eigenvalue weighted by molar-refractivity contribution is 6.31. The van der Waals surface area contributed by atoms with Gasteiger partial charge in [0.2, 0.25) is 6.79 Å². The average molecular weight is 448 g/mol. The van der Waals surface area contributed by atoms with Gasteiger partial charge in [0.1, 0.15) is 5.75 Å². The van der Waals surface area contributed by atoms with Crippen LogP contribution >= 0.6 is 11.6 Å². The van der Waals surface area contributed by atoms with E-state index in [-0.39, 0.29) is 30.2 Å². The number of aryl methyl sites for hydroxylation is 1. The van der Waals surface area contributed by atoms with Gasteiger partial charge in [0.15, 0.2) is 23.9 Å². The Morgan fingerprint density at radius 1 is 1.13 bits per heavy atom. The molecule has 3 rings (SSSR count). The number of hydrogen-bond acceptors (Lipinski definition) is 7. The maximum Gasteiger partial charge on any atom is 0.306 e. The number of ketones is 1. The Kier molecular flexibility index (Phi) is 7.36. The van der Waals surface area contributed by atoms with Crippen LogP contribution in [0.4, 0.5) is 5.69 Å². The molecule has 0 spiro atoms. The lowest BCUT2D eigenvalue weighted by Gasteiger charge is -2.11. The highest BCUT2D eigenvalue weighted by Crippen LogP contribution is 2.37. The Morgan fingerprint density at radius 2 is 1.87 bits per heavy atom. The summed E-state index contributed by atoms with van der Waals surface area (Å²) in [5.74, 6) is 0.186. The van der Waals surface area contributed by atoms with Crippen LogP contribution in [0, 0.1) is 6.92 Å². The van der Waals surface area contributed by atoms with E-state index in [2.05, 4.69) is 5.32 Å². The number of hydrogen-bond donors (Lipinski definition) is 1. The van der Waals surface area contributed by atoms with Crippen LogP contribution in [0.1, 0.15) is 35.7 Å². The summed E-state index contributed by atoms with van der Waals surface area (Å²) in [6.07, 6.45) is 0.529. The predicted octanol–water partition coefficient (Wildman–Crippen LogP) is 3.92. The number of fused-ring (bicyclic) bond motifs is 1. The molecule has 1 aliphatic heterocycles. The van der Waals surface area contributed by atoms with Crippen LogP contribution < -0.4 is 19.5 Å². The Labute approximate surface area is 184 Å². The summed E-state index contributed by atoms with van der Waals surface area (Å²) < 4.78 is 21.1. The lowest BCUT2D eigenvalue weighted by molar-refractivity contribution is -0.147. The molecule has 0 bridgehead atoms. The van der Waals surface area contributed by atoms with Gasteiger partial charge in [-0.15, -0.1) is 0 Å². The maximum atomic E-state index is 12.2. The number of halogens is 1. The van der Waals surface area contributed by atoms with Crippen LogP contribution in [0.2, 0.25) is 5.02 Å². The average Bonchev–Trinajstić information content (AvgIpc) is 3.19. The fourth-order valence-electron chi connectivity index (χ4n) is 2.85. The number of nitrogens with one attached hydrogen (secondary N) is 1. The molecule has 1 aliphatic rings. The molecular formula is C22H22ClNO7. The molecule has 0 unspecified atom stereocenters. The predicted molar refractivity (Wildman–Crippen MR) is 113 cm³/mol. The van der Waals surface area contributed by atoms with Crippen LogP contribution in [-0.4, -0.2) is 37.7 Å².